The summed E-state index contributed by atoms with van der Waals surface area (Å²) in [5, 5.41) is 41.0. The molecular formula is C18H17N5O4. The van der Waals surface area contributed by atoms with Gasteiger partial charge in [0.25, 0.3) is 0 Å². The molecule has 2 aromatic heterocycles. The van der Waals surface area contributed by atoms with Crippen molar-refractivity contribution in [2.24, 2.45) is 0 Å². The summed E-state index contributed by atoms with van der Waals surface area (Å²) in [7, 11) is 0. The number of rotatable bonds is 3. The zero-order chi connectivity index (χ0) is 19.1. The molecule has 0 radical (unpaired) electrons. The van der Waals surface area contributed by atoms with Crippen LogP contribution in [-0.2, 0) is 4.74 Å². The van der Waals surface area contributed by atoms with Gasteiger partial charge in [-0.1, -0.05) is 12.1 Å². The Labute approximate surface area is 153 Å². The SMILES string of the molecule is N#Cc1ccc(C(O)[C@H]2O[C@@H](n3ccc4c(N)ncnc43)[C@H](O)[C@@H]2O)cc1. The van der Waals surface area contributed by atoms with Gasteiger partial charge in [-0.3, -0.25) is 0 Å². The van der Waals surface area contributed by atoms with Crippen LogP contribution in [0.2, 0.25) is 0 Å². The molecule has 9 heteroatoms. The number of nitriles is 1. The van der Waals surface area contributed by atoms with Crippen molar-refractivity contribution in [3.05, 3.63) is 54.0 Å². The van der Waals surface area contributed by atoms with Gasteiger partial charge in [0.2, 0.25) is 0 Å². The van der Waals surface area contributed by atoms with Gasteiger partial charge in [0.05, 0.1) is 17.0 Å². The highest BCUT2D eigenvalue weighted by Gasteiger charge is 2.47. The summed E-state index contributed by atoms with van der Waals surface area (Å²) in [4.78, 5) is 8.08. The number of nitrogens with zero attached hydrogens (tertiary/aromatic N) is 4. The monoisotopic (exact) mass is 367 g/mol. The Hall–Kier alpha value is -3.03. The predicted octanol–water partition coefficient (Wildman–Crippen LogP) is 0.238. The van der Waals surface area contributed by atoms with Gasteiger partial charge >= 0.3 is 0 Å². The van der Waals surface area contributed by atoms with Crippen molar-refractivity contribution in [1.29, 1.82) is 5.26 Å². The first kappa shape index (κ1) is 17.4. The third-order valence-electron chi connectivity index (χ3n) is 4.78. The first-order chi connectivity index (χ1) is 13.0. The summed E-state index contributed by atoms with van der Waals surface area (Å²) >= 11 is 0. The summed E-state index contributed by atoms with van der Waals surface area (Å²) in [6.45, 7) is 0. The van der Waals surface area contributed by atoms with Crippen LogP contribution in [0.5, 0.6) is 0 Å². The van der Waals surface area contributed by atoms with E-state index in [1.165, 1.54) is 6.33 Å². The van der Waals surface area contributed by atoms with E-state index in [4.69, 9.17) is 15.7 Å². The minimum Gasteiger partial charge on any atom is -0.387 e. The Balaban J connectivity index is 1.63. The molecule has 5 N–H and O–H groups in total. The van der Waals surface area contributed by atoms with Crippen LogP contribution in [0.15, 0.2) is 42.9 Å². The standard InChI is InChI=1S/C18H17N5O4/c19-7-9-1-3-10(4-2-9)12(24)15-13(25)14(26)18(27-15)23-6-5-11-16(20)21-8-22-17(11)23/h1-6,8,12-15,18,24-26H,(H2,20,21,22)/t12?,13-,14+,15+,18+/m0/s1. The van der Waals surface area contributed by atoms with Crippen molar-refractivity contribution < 1.29 is 20.1 Å². The van der Waals surface area contributed by atoms with Gasteiger partial charge in [-0.25, -0.2) is 9.97 Å². The van der Waals surface area contributed by atoms with E-state index in [0.717, 1.165) is 0 Å². The summed E-state index contributed by atoms with van der Waals surface area (Å²) in [6.07, 6.45) is -2.87. The second kappa shape index (κ2) is 6.61. The molecule has 9 nitrogen and oxygen atoms in total. The fraction of sp³-hybridized carbons (Fsp3) is 0.278. The summed E-state index contributed by atoms with van der Waals surface area (Å²) in [6, 6.07) is 9.98. The van der Waals surface area contributed by atoms with Crippen molar-refractivity contribution in [3.63, 3.8) is 0 Å². The summed E-state index contributed by atoms with van der Waals surface area (Å²) < 4.78 is 7.35. The molecule has 3 aromatic rings. The topological polar surface area (TPSA) is 150 Å². The normalized spacial score (nSPS) is 26.1. The number of ether oxygens (including phenoxy) is 1. The van der Waals surface area contributed by atoms with Crippen LogP contribution >= 0.6 is 0 Å². The van der Waals surface area contributed by atoms with Gasteiger partial charge in [-0.2, -0.15) is 5.26 Å². The lowest BCUT2D eigenvalue weighted by atomic mass is 9.98. The molecule has 1 aromatic carbocycles. The molecule has 4 rings (SSSR count). The molecule has 1 saturated heterocycles. The Morgan fingerprint density at radius 3 is 2.59 bits per heavy atom. The van der Waals surface area contributed by atoms with Crippen LogP contribution in [0.4, 0.5) is 5.82 Å². The minimum absolute atomic E-state index is 0.293. The number of nitrogens with two attached hydrogens (primary N) is 1. The Morgan fingerprint density at radius 2 is 1.89 bits per heavy atom. The quantitative estimate of drug-likeness (QED) is 0.514. The zero-order valence-electron chi connectivity index (χ0n) is 14.0. The maximum absolute atomic E-state index is 10.6. The van der Waals surface area contributed by atoms with E-state index in [2.05, 4.69) is 9.97 Å². The second-order valence-corrected chi connectivity index (χ2v) is 6.37. The number of fused-ring (bicyclic) bond motifs is 1. The lowest BCUT2D eigenvalue weighted by molar-refractivity contribution is -0.0848. The molecule has 1 unspecified atom stereocenters. The third kappa shape index (κ3) is 2.81. The maximum Gasteiger partial charge on any atom is 0.164 e. The maximum atomic E-state index is 10.6. The smallest absolute Gasteiger partial charge is 0.164 e. The number of aromatic nitrogens is 3. The molecule has 1 fully saturated rings. The van der Waals surface area contributed by atoms with Crippen LogP contribution in [-0.4, -0.2) is 48.2 Å². The van der Waals surface area contributed by atoms with Crippen LogP contribution in [0.1, 0.15) is 23.5 Å². The number of aliphatic hydroxyl groups excluding tert-OH is 3. The van der Waals surface area contributed by atoms with E-state index >= 15 is 0 Å². The lowest BCUT2D eigenvalue weighted by Gasteiger charge is -2.21. The number of nitrogen functional groups attached to an aromatic ring is 1. The van der Waals surface area contributed by atoms with Crippen LogP contribution in [0.25, 0.3) is 11.0 Å². The lowest BCUT2D eigenvalue weighted by Crippen LogP contribution is -2.34. The average Bonchev–Trinajstić information content (AvgIpc) is 3.24. The van der Waals surface area contributed by atoms with Gasteiger partial charge in [-0.05, 0) is 23.8 Å². The molecule has 0 bridgehead atoms. The molecule has 27 heavy (non-hydrogen) atoms. The highest BCUT2D eigenvalue weighted by molar-refractivity contribution is 5.86. The predicted molar refractivity (Wildman–Crippen MR) is 94.0 cm³/mol. The van der Waals surface area contributed by atoms with Crippen LogP contribution in [0, 0.1) is 11.3 Å². The van der Waals surface area contributed by atoms with Gasteiger partial charge in [-0.15, -0.1) is 0 Å². The Bertz CT molecular complexity index is 1010. The first-order valence-electron chi connectivity index (χ1n) is 8.28. The molecule has 0 aliphatic carbocycles. The number of hydrogen-bond acceptors (Lipinski definition) is 8. The Kier molecular flexibility index (Phi) is 4.25. The second-order valence-electron chi connectivity index (χ2n) is 6.37. The third-order valence-corrected chi connectivity index (χ3v) is 4.78. The van der Waals surface area contributed by atoms with Gasteiger partial charge in [0, 0.05) is 6.20 Å². The number of hydrogen-bond donors (Lipinski definition) is 4. The number of aliphatic hydroxyl groups is 3. The number of benzene rings is 1. The van der Waals surface area contributed by atoms with Crippen LogP contribution in [0.3, 0.4) is 0 Å². The van der Waals surface area contributed by atoms with E-state index in [-0.39, 0.29) is 0 Å². The average molecular weight is 367 g/mol. The van der Waals surface area contributed by atoms with Crippen molar-refractivity contribution >= 4 is 16.9 Å². The van der Waals surface area contributed by atoms with E-state index in [1.54, 1.807) is 41.1 Å². The number of anilines is 1. The van der Waals surface area contributed by atoms with Gasteiger partial charge in [0.1, 0.15) is 42.2 Å². The van der Waals surface area contributed by atoms with Gasteiger partial charge < -0.3 is 30.4 Å². The molecule has 0 amide bonds. The molecule has 138 valence electrons. The molecular weight excluding hydrogens is 350 g/mol. The zero-order valence-corrected chi connectivity index (χ0v) is 14.0. The molecule has 5 atom stereocenters. The van der Waals surface area contributed by atoms with E-state index in [9.17, 15) is 15.3 Å². The summed E-state index contributed by atoms with van der Waals surface area (Å²) in [5.74, 6) is 0.293. The molecule has 1 aliphatic heterocycles. The molecule has 1 aliphatic rings. The largest absolute Gasteiger partial charge is 0.387 e. The van der Waals surface area contributed by atoms with E-state index < -0.39 is 30.6 Å². The Morgan fingerprint density at radius 1 is 1.15 bits per heavy atom. The van der Waals surface area contributed by atoms with Gasteiger partial charge in [0.15, 0.2) is 6.23 Å². The van der Waals surface area contributed by atoms with Crippen molar-refractivity contribution in [3.8, 4) is 6.07 Å². The molecule has 0 spiro atoms. The molecule has 3 heterocycles. The van der Waals surface area contributed by atoms with E-state index in [1.807, 2.05) is 6.07 Å². The molecule has 0 saturated carbocycles. The summed E-state index contributed by atoms with van der Waals surface area (Å²) in [5.41, 5.74) is 7.20. The minimum atomic E-state index is -1.32. The fourth-order valence-electron chi connectivity index (χ4n) is 3.32. The van der Waals surface area contributed by atoms with Crippen molar-refractivity contribution in [2.45, 2.75) is 30.6 Å². The highest BCUT2D eigenvalue weighted by Crippen LogP contribution is 2.37. The van der Waals surface area contributed by atoms with Crippen LogP contribution < -0.4 is 5.73 Å². The van der Waals surface area contributed by atoms with E-state index in [0.29, 0.717) is 28.0 Å². The first-order valence-corrected chi connectivity index (χ1v) is 8.28. The van der Waals surface area contributed by atoms with Crippen molar-refractivity contribution in [1.82, 2.24) is 14.5 Å². The fourth-order valence-corrected chi connectivity index (χ4v) is 3.32. The highest BCUT2D eigenvalue weighted by atomic mass is 16.6. The van der Waals surface area contributed by atoms with Crippen molar-refractivity contribution in [2.75, 3.05) is 5.73 Å².